The number of carbonyl (C=O) groups is 1. The molecule has 5 nitrogen and oxygen atoms in total. The van der Waals surface area contributed by atoms with Crippen molar-refractivity contribution in [2.75, 3.05) is 18.6 Å². The summed E-state index contributed by atoms with van der Waals surface area (Å²) in [5.41, 5.74) is 2.52. The van der Waals surface area contributed by atoms with Gasteiger partial charge < -0.3 is 10.2 Å². The highest BCUT2D eigenvalue weighted by molar-refractivity contribution is 7.91. The van der Waals surface area contributed by atoms with Crippen LogP contribution in [0.25, 0.3) is 0 Å². The number of hydrogen-bond acceptors (Lipinski definition) is 3. The highest BCUT2D eigenvalue weighted by Gasteiger charge is 2.32. The molecular formula is C16H22N2O3S. The standard InChI is InChI=1S/C16H22N2O3S/c1-18(16(19)17-13-9-10-22(20,21)11-13)15-8-4-6-12-5-2-3-7-14(12)15/h2-3,5,7,13,15H,4,6,8-11H2,1H3,(H,17,19)/t13-,15+/m1/s1. The molecule has 1 N–H and O–H groups in total. The summed E-state index contributed by atoms with van der Waals surface area (Å²) in [6, 6.07) is 7.89. The second-order valence-electron chi connectivity index (χ2n) is 6.27. The van der Waals surface area contributed by atoms with E-state index in [-0.39, 0.29) is 29.6 Å². The van der Waals surface area contributed by atoms with Crippen LogP contribution >= 0.6 is 0 Å². The van der Waals surface area contributed by atoms with Gasteiger partial charge >= 0.3 is 6.03 Å². The van der Waals surface area contributed by atoms with Gasteiger partial charge in [0.15, 0.2) is 9.84 Å². The molecule has 1 saturated heterocycles. The lowest BCUT2D eigenvalue weighted by Crippen LogP contribution is -2.45. The average Bonchev–Trinajstić information content (AvgIpc) is 2.84. The zero-order chi connectivity index (χ0) is 15.7. The van der Waals surface area contributed by atoms with Crippen LogP contribution in [-0.4, -0.2) is 43.9 Å². The van der Waals surface area contributed by atoms with Crippen LogP contribution in [0.4, 0.5) is 4.79 Å². The Morgan fingerprint density at radius 2 is 2.05 bits per heavy atom. The van der Waals surface area contributed by atoms with Crippen LogP contribution in [0.3, 0.4) is 0 Å². The highest BCUT2D eigenvalue weighted by Crippen LogP contribution is 2.33. The van der Waals surface area contributed by atoms with Crippen molar-refractivity contribution < 1.29 is 13.2 Å². The van der Waals surface area contributed by atoms with Gasteiger partial charge in [0.2, 0.25) is 0 Å². The number of fused-ring (bicyclic) bond motifs is 1. The molecule has 2 amide bonds. The molecule has 1 aromatic carbocycles. The van der Waals surface area contributed by atoms with Crippen molar-refractivity contribution >= 4 is 15.9 Å². The van der Waals surface area contributed by atoms with Crippen molar-refractivity contribution in [3.05, 3.63) is 35.4 Å². The molecule has 120 valence electrons. The van der Waals surface area contributed by atoms with Gasteiger partial charge in [-0.2, -0.15) is 0 Å². The topological polar surface area (TPSA) is 66.5 Å². The predicted molar refractivity (Wildman–Crippen MR) is 85.5 cm³/mol. The number of aryl methyl sites for hydroxylation is 1. The monoisotopic (exact) mass is 322 g/mol. The summed E-state index contributed by atoms with van der Waals surface area (Å²) in [6.07, 6.45) is 3.59. The number of nitrogens with zero attached hydrogens (tertiary/aromatic N) is 1. The van der Waals surface area contributed by atoms with Gasteiger partial charge in [-0.05, 0) is 36.8 Å². The largest absolute Gasteiger partial charge is 0.334 e. The minimum Gasteiger partial charge on any atom is -0.334 e. The van der Waals surface area contributed by atoms with Gasteiger partial charge in [-0.25, -0.2) is 13.2 Å². The first-order chi connectivity index (χ1) is 10.5. The molecule has 1 aliphatic heterocycles. The van der Waals surface area contributed by atoms with E-state index in [1.807, 2.05) is 12.1 Å². The molecule has 1 aliphatic carbocycles. The molecule has 3 rings (SSSR count). The first kappa shape index (κ1) is 15.3. The maximum atomic E-state index is 12.4. The zero-order valence-electron chi connectivity index (χ0n) is 12.8. The molecule has 0 unspecified atom stereocenters. The van der Waals surface area contributed by atoms with Crippen LogP contribution in [0.5, 0.6) is 0 Å². The summed E-state index contributed by atoms with van der Waals surface area (Å²) < 4.78 is 23.0. The number of carbonyl (C=O) groups excluding carboxylic acids is 1. The first-order valence-corrected chi connectivity index (χ1v) is 9.60. The van der Waals surface area contributed by atoms with Crippen LogP contribution in [-0.2, 0) is 16.3 Å². The predicted octanol–water partition coefficient (Wildman–Crippen LogP) is 1.89. The van der Waals surface area contributed by atoms with E-state index < -0.39 is 9.84 Å². The fourth-order valence-electron chi connectivity index (χ4n) is 3.46. The molecule has 0 bridgehead atoms. The van der Waals surface area contributed by atoms with Crippen molar-refractivity contribution in [3.63, 3.8) is 0 Å². The molecule has 2 aliphatic rings. The lowest BCUT2D eigenvalue weighted by atomic mass is 9.87. The molecule has 0 aromatic heterocycles. The maximum Gasteiger partial charge on any atom is 0.317 e. The Balaban J connectivity index is 1.69. The molecular weight excluding hydrogens is 300 g/mol. The van der Waals surface area contributed by atoms with Crippen LogP contribution in [0.2, 0.25) is 0 Å². The Hall–Kier alpha value is -1.56. The maximum absolute atomic E-state index is 12.4. The quantitative estimate of drug-likeness (QED) is 0.904. The molecule has 1 fully saturated rings. The second kappa shape index (κ2) is 5.91. The Bertz CT molecular complexity index is 672. The third-order valence-electron chi connectivity index (χ3n) is 4.69. The highest BCUT2D eigenvalue weighted by atomic mass is 32.2. The van der Waals surface area contributed by atoms with E-state index in [1.54, 1.807) is 11.9 Å². The Morgan fingerprint density at radius 3 is 2.77 bits per heavy atom. The van der Waals surface area contributed by atoms with Gasteiger partial charge in [-0.3, -0.25) is 0 Å². The summed E-state index contributed by atoms with van der Waals surface area (Å²) >= 11 is 0. The van der Waals surface area contributed by atoms with Crippen molar-refractivity contribution in [3.8, 4) is 0 Å². The summed E-state index contributed by atoms with van der Waals surface area (Å²) in [5, 5.41) is 2.87. The third-order valence-corrected chi connectivity index (χ3v) is 6.45. The van der Waals surface area contributed by atoms with Gasteiger partial charge in [0.05, 0.1) is 17.5 Å². The normalized spacial score (nSPS) is 26.2. The number of hydrogen-bond donors (Lipinski definition) is 1. The van der Waals surface area contributed by atoms with E-state index in [1.165, 1.54) is 11.1 Å². The van der Waals surface area contributed by atoms with E-state index in [0.717, 1.165) is 19.3 Å². The zero-order valence-corrected chi connectivity index (χ0v) is 13.6. The molecule has 0 radical (unpaired) electrons. The second-order valence-corrected chi connectivity index (χ2v) is 8.50. The number of nitrogens with one attached hydrogen (secondary N) is 1. The summed E-state index contributed by atoms with van der Waals surface area (Å²) in [4.78, 5) is 14.2. The average molecular weight is 322 g/mol. The minimum absolute atomic E-state index is 0.0633. The van der Waals surface area contributed by atoms with Crippen molar-refractivity contribution in [2.45, 2.75) is 37.8 Å². The van der Waals surface area contributed by atoms with Crippen molar-refractivity contribution in [1.29, 1.82) is 0 Å². The molecule has 2 atom stereocenters. The third kappa shape index (κ3) is 3.11. The number of sulfone groups is 1. The summed E-state index contributed by atoms with van der Waals surface area (Å²) in [7, 11) is -1.18. The first-order valence-electron chi connectivity index (χ1n) is 7.78. The van der Waals surface area contributed by atoms with Gasteiger partial charge in [0.25, 0.3) is 0 Å². The Kier molecular flexibility index (Phi) is 4.12. The lowest BCUT2D eigenvalue weighted by molar-refractivity contribution is 0.181. The summed E-state index contributed by atoms with van der Waals surface area (Å²) in [6.45, 7) is 0. The van der Waals surface area contributed by atoms with E-state index in [9.17, 15) is 13.2 Å². The van der Waals surface area contributed by atoms with Gasteiger partial charge in [0.1, 0.15) is 0 Å². The van der Waals surface area contributed by atoms with E-state index >= 15 is 0 Å². The number of rotatable bonds is 2. The molecule has 6 heteroatoms. The fraction of sp³-hybridized carbons (Fsp3) is 0.562. The number of benzene rings is 1. The Labute approximate surface area is 131 Å². The molecule has 1 aromatic rings. The molecule has 0 spiro atoms. The lowest BCUT2D eigenvalue weighted by Gasteiger charge is -2.34. The van der Waals surface area contributed by atoms with Gasteiger partial charge in [-0.1, -0.05) is 24.3 Å². The number of urea groups is 1. The van der Waals surface area contributed by atoms with Crippen LogP contribution in [0.15, 0.2) is 24.3 Å². The van der Waals surface area contributed by atoms with Crippen molar-refractivity contribution in [2.24, 2.45) is 0 Å². The van der Waals surface area contributed by atoms with E-state index in [0.29, 0.717) is 6.42 Å². The Morgan fingerprint density at radius 1 is 1.27 bits per heavy atom. The van der Waals surface area contributed by atoms with Crippen LogP contribution < -0.4 is 5.32 Å². The molecule has 22 heavy (non-hydrogen) atoms. The van der Waals surface area contributed by atoms with Crippen molar-refractivity contribution in [1.82, 2.24) is 10.2 Å². The summed E-state index contributed by atoms with van der Waals surface area (Å²) in [5.74, 6) is 0.238. The molecule has 0 saturated carbocycles. The van der Waals surface area contributed by atoms with Gasteiger partial charge in [0, 0.05) is 13.1 Å². The minimum atomic E-state index is -2.97. The fourth-order valence-corrected chi connectivity index (χ4v) is 5.13. The van der Waals surface area contributed by atoms with Crippen LogP contribution in [0.1, 0.15) is 36.4 Å². The van der Waals surface area contributed by atoms with E-state index in [4.69, 9.17) is 0 Å². The SMILES string of the molecule is CN(C(=O)N[C@@H]1CCS(=O)(=O)C1)[C@H]1CCCc2ccccc21. The van der Waals surface area contributed by atoms with Crippen LogP contribution in [0, 0.1) is 0 Å². The van der Waals surface area contributed by atoms with Gasteiger partial charge in [-0.15, -0.1) is 0 Å². The van der Waals surface area contributed by atoms with E-state index in [2.05, 4.69) is 17.4 Å². The number of amides is 2. The molecule has 1 heterocycles. The smallest absolute Gasteiger partial charge is 0.317 e.